The van der Waals surface area contributed by atoms with Crippen LogP contribution in [0.4, 0.5) is 0 Å². The number of amides is 1. The van der Waals surface area contributed by atoms with Crippen LogP contribution in [0.1, 0.15) is 47.1 Å². The molecule has 0 aromatic heterocycles. The Hall–Kier alpha value is -1.31. The number of carbonyl (C=O) groups is 1. The number of hydrogen-bond donors (Lipinski definition) is 3. The van der Waals surface area contributed by atoms with Crippen LogP contribution in [0.25, 0.3) is 0 Å². The monoisotopic (exact) mass is 474 g/mol. The zero-order valence-corrected chi connectivity index (χ0v) is 19.3. The lowest BCUT2D eigenvalue weighted by Crippen LogP contribution is -2.45. The summed E-state index contributed by atoms with van der Waals surface area (Å²) in [4.78, 5) is 16.3. The topological polar surface area (TPSA) is 65.5 Å². The molecule has 0 saturated carbocycles. The van der Waals surface area contributed by atoms with E-state index in [4.69, 9.17) is 0 Å². The number of nitrogens with zero attached hydrogens (tertiary/aromatic N) is 1. The number of rotatable bonds is 7. The first-order chi connectivity index (χ1) is 11.6. The average Bonchev–Trinajstić information content (AvgIpc) is 2.49. The number of carbonyl (C=O) groups excluding carboxylic acids is 1. The minimum Gasteiger partial charge on any atom is -0.357 e. The summed E-state index contributed by atoms with van der Waals surface area (Å²) in [5, 5.41) is 9.47. The molecule has 1 aromatic rings. The van der Waals surface area contributed by atoms with Gasteiger partial charge in [-0.3, -0.25) is 4.79 Å². The van der Waals surface area contributed by atoms with Crippen LogP contribution in [0.2, 0.25) is 0 Å². The maximum atomic E-state index is 11.9. The first-order valence-corrected chi connectivity index (χ1v) is 8.98. The van der Waals surface area contributed by atoms with E-state index >= 15 is 0 Å². The largest absolute Gasteiger partial charge is 0.357 e. The Morgan fingerprint density at radius 1 is 1.04 bits per heavy atom. The second-order valence-corrected chi connectivity index (χ2v) is 8.17. The van der Waals surface area contributed by atoms with Crippen molar-refractivity contribution >= 4 is 35.8 Å². The predicted octanol–water partition coefficient (Wildman–Crippen LogP) is 3.34. The Balaban J connectivity index is 0.00000625. The number of halogens is 1. The zero-order valence-electron chi connectivity index (χ0n) is 17.0. The Morgan fingerprint density at radius 3 is 2.19 bits per heavy atom. The van der Waals surface area contributed by atoms with E-state index in [9.17, 15) is 4.79 Å². The second-order valence-electron chi connectivity index (χ2n) is 8.17. The lowest BCUT2D eigenvalue weighted by Gasteiger charge is -2.26. The summed E-state index contributed by atoms with van der Waals surface area (Å²) in [5.74, 6) is 0.598. The van der Waals surface area contributed by atoms with Gasteiger partial charge in [0.05, 0.1) is 0 Å². The van der Waals surface area contributed by atoms with Gasteiger partial charge in [0.15, 0.2) is 5.96 Å². The average molecular weight is 474 g/mol. The van der Waals surface area contributed by atoms with Crippen LogP contribution in [0, 0.1) is 5.41 Å². The number of nitrogens with one attached hydrogen (secondary N) is 3. The zero-order chi connectivity index (χ0) is 18.9. The Bertz CT molecular complexity index is 565. The van der Waals surface area contributed by atoms with Crippen molar-refractivity contribution in [3.05, 3.63) is 35.9 Å². The number of hydrogen-bond acceptors (Lipinski definition) is 2. The van der Waals surface area contributed by atoms with E-state index in [0.717, 1.165) is 19.5 Å². The summed E-state index contributed by atoms with van der Waals surface area (Å²) >= 11 is 0. The number of guanidine groups is 1. The smallest absolute Gasteiger partial charge is 0.242 e. The van der Waals surface area contributed by atoms with Crippen molar-refractivity contribution in [3.63, 3.8) is 0 Å². The highest BCUT2D eigenvalue weighted by atomic mass is 127. The molecule has 6 heteroatoms. The molecular formula is C20H35IN4O. The van der Waals surface area contributed by atoms with Gasteiger partial charge in [-0.25, -0.2) is 4.99 Å². The standard InChI is InChI=1S/C20H34N4O.HI/c1-7-21-18(22-14-17(25)24-19(2,3)4)23-15-20(5,6)13-16-11-9-8-10-12-16;/h8-12H,7,13-15H2,1-6H3,(H,24,25)(H2,21,22,23);1H. The molecule has 26 heavy (non-hydrogen) atoms. The Labute approximate surface area is 175 Å². The fourth-order valence-corrected chi connectivity index (χ4v) is 2.48. The minimum absolute atomic E-state index is 0. The van der Waals surface area contributed by atoms with Crippen LogP contribution in [0.3, 0.4) is 0 Å². The van der Waals surface area contributed by atoms with Crippen LogP contribution in [0.5, 0.6) is 0 Å². The van der Waals surface area contributed by atoms with Gasteiger partial charge in [0.1, 0.15) is 6.54 Å². The highest BCUT2D eigenvalue weighted by Crippen LogP contribution is 2.20. The van der Waals surface area contributed by atoms with Crippen LogP contribution >= 0.6 is 24.0 Å². The molecule has 0 aliphatic carbocycles. The van der Waals surface area contributed by atoms with Crippen LogP contribution < -0.4 is 16.0 Å². The van der Waals surface area contributed by atoms with Crippen molar-refractivity contribution in [2.75, 3.05) is 19.6 Å². The van der Waals surface area contributed by atoms with Crippen molar-refractivity contribution in [1.82, 2.24) is 16.0 Å². The first kappa shape index (κ1) is 24.7. The van der Waals surface area contributed by atoms with E-state index < -0.39 is 0 Å². The molecule has 0 atom stereocenters. The van der Waals surface area contributed by atoms with E-state index in [1.807, 2.05) is 33.8 Å². The molecule has 148 valence electrons. The summed E-state index contributed by atoms with van der Waals surface area (Å²) in [6.45, 7) is 14.0. The minimum atomic E-state index is -0.240. The Morgan fingerprint density at radius 2 is 1.65 bits per heavy atom. The molecule has 0 unspecified atom stereocenters. The SMILES string of the molecule is CCNC(=NCC(=O)NC(C)(C)C)NCC(C)(C)Cc1ccccc1.I. The highest BCUT2D eigenvalue weighted by molar-refractivity contribution is 14.0. The molecule has 0 spiro atoms. The molecule has 3 N–H and O–H groups in total. The maximum Gasteiger partial charge on any atom is 0.242 e. The van der Waals surface area contributed by atoms with Gasteiger partial charge in [-0.05, 0) is 45.1 Å². The van der Waals surface area contributed by atoms with Crippen molar-refractivity contribution in [3.8, 4) is 0 Å². The molecule has 0 radical (unpaired) electrons. The van der Waals surface area contributed by atoms with Crippen molar-refractivity contribution in [2.45, 2.75) is 53.5 Å². The molecular weight excluding hydrogens is 439 g/mol. The van der Waals surface area contributed by atoms with Gasteiger partial charge in [0.25, 0.3) is 0 Å². The quantitative estimate of drug-likeness (QED) is 0.323. The van der Waals surface area contributed by atoms with E-state index in [2.05, 4.69) is 59.1 Å². The highest BCUT2D eigenvalue weighted by Gasteiger charge is 2.19. The molecule has 0 heterocycles. The van der Waals surface area contributed by atoms with Crippen molar-refractivity contribution in [1.29, 1.82) is 0 Å². The molecule has 1 amide bonds. The summed E-state index contributed by atoms with van der Waals surface area (Å²) in [5.41, 5.74) is 1.15. The van der Waals surface area contributed by atoms with Crippen LogP contribution in [0.15, 0.2) is 35.3 Å². The van der Waals surface area contributed by atoms with Gasteiger partial charge < -0.3 is 16.0 Å². The third-order valence-corrected chi connectivity index (χ3v) is 3.50. The van der Waals surface area contributed by atoms with Gasteiger partial charge in [-0.1, -0.05) is 44.2 Å². The third-order valence-electron chi connectivity index (χ3n) is 3.50. The van der Waals surface area contributed by atoms with Crippen molar-refractivity contribution < 1.29 is 4.79 Å². The summed E-state index contributed by atoms with van der Waals surface area (Å²) in [6, 6.07) is 10.5. The van der Waals surface area contributed by atoms with Crippen LogP contribution in [-0.2, 0) is 11.2 Å². The molecule has 0 saturated heterocycles. The summed E-state index contributed by atoms with van der Waals surface area (Å²) in [6.07, 6.45) is 0.977. The fourth-order valence-electron chi connectivity index (χ4n) is 2.48. The van der Waals surface area contributed by atoms with E-state index in [-0.39, 0.29) is 47.4 Å². The van der Waals surface area contributed by atoms with Gasteiger partial charge in [0, 0.05) is 18.6 Å². The molecule has 0 fully saturated rings. The molecule has 0 aliphatic rings. The molecule has 0 aliphatic heterocycles. The van der Waals surface area contributed by atoms with Crippen molar-refractivity contribution in [2.24, 2.45) is 10.4 Å². The maximum absolute atomic E-state index is 11.9. The van der Waals surface area contributed by atoms with Gasteiger partial charge >= 0.3 is 0 Å². The van der Waals surface area contributed by atoms with Gasteiger partial charge in [-0.2, -0.15) is 0 Å². The molecule has 1 aromatic carbocycles. The normalized spacial score (nSPS) is 12.2. The number of benzene rings is 1. The second kappa shape index (κ2) is 11.4. The number of aliphatic imine (C=N–C) groups is 1. The van der Waals surface area contributed by atoms with Gasteiger partial charge in [-0.15, -0.1) is 24.0 Å². The predicted molar refractivity (Wildman–Crippen MR) is 121 cm³/mol. The molecule has 0 bridgehead atoms. The Kier molecular flexibility index (Phi) is 10.8. The lowest BCUT2D eigenvalue weighted by molar-refractivity contribution is -0.121. The summed E-state index contributed by atoms with van der Waals surface area (Å²) in [7, 11) is 0. The van der Waals surface area contributed by atoms with E-state index in [1.165, 1.54) is 5.56 Å². The van der Waals surface area contributed by atoms with Gasteiger partial charge in [0.2, 0.25) is 5.91 Å². The first-order valence-electron chi connectivity index (χ1n) is 8.98. The lowest BCUT2D eigenvalue weighted by atomic mass is 9.86. The van der Waals surface area contributed by atoms with E-state index in [0.29, 0.717) is 5.96 Å². The third kappa shape index (κ3) is 11.3. The van der Waals surface area contributed by atoms with Crippen LogP contribution in [-0.4, -0.2) is 37.0 Å². The summed E-state index contributed by atoms with van der Waals surface area (Å²) < 4.78 is 0. The molecule has 1 rings (SSSR count). The molecule has 5 nitrogen and oxygen atoms in total. The van der Waals surface area contributed by atoms with E-state index in [1.54, 1.807) is 0 Å². The fraction of sp³-hybridized carbons (Fsp3) is 0.600.